The predicted molar refractivity (Wildman–Crippen MR) is 85.5 cm³/mol. The summed E-state index contributed by atoms with van der Waals surface area (Å²) in [5.74, 6) is 2.60. The lowest BCUT2D eigenvalue weighted by molar-refractivity contribution is 0.103. The van der Waals surface area contributed by atoms with E-state index in [4.69, 9.17) is 0 Å². The highest BCUT2D eigenvalue weighted by Crippen LogP contribution is 2.34. The molecule has 1 aliphatic rings. The van der Waals surface area contributed by atoms with Crippen molar-refractivity contribution < 1.29 is 0 Å². The normalized spacial score (nSPS) is 31.9. The van der Waals surface area contributed by atoms with Crippen molar-refractivity contribution in [3.8, 4) is 0 Å². The van der Waals surface area contributed by atoms with Crippen LogP contribution in [0.25, 0.3) is 0 Å². The van der Waals surface area contributed by atoms with Gasteiger partial charge in [0.1, 0.15) is 0 Å². The lowest BCUT2D eigenvalue weighted by atomic mass is 9.72. The Morgan fingerprint density at radius 3 is 2.37 bits per heavy atom. The molecule has 0 heterocycles. The average Bonchev–Trinajstić information content (AvgIpc) is 2.38. The summed E-state index contributed by atoms with van der Waals surface area (Å²) in [5.41, 5.74) is 0. The fourth-order valence-electron chi connectivity index (χ4n) is 3.78. The van der Waals surface area contributed by atoms with Crippen LogP contribution < -0.4 is 5.32 Å². The van der Waals surface area contributed by atoms with Crippen molar-refractivity contribution in [2.45, 2.75) is 66.3 Å². The van der Waals surface area contributed by atoms with Gasteiger partial charge in [0.15, 0.2) is 0 Å². The zero-order valence-corrected chi connectivity index (χ0v) is 13.9. The molecule has 0 radical (unpaired) electrons. The van der Waals surface area contributed by atoms with Gasteiger partial charge in [0.05, 0.1) is 0 Å². The molecule has 4 atom stereocenters. The number of nitrogens with one attached hydrogen (secondary N) is 1. The van der Waals surface area contributed by atoms with Crippen molar-refractivity contribution in [1.29, 1.82) is 0 Å². The summed E-state index contributed by atoms with van der Waals surface area (Å²) in [4.78, 5) is 2.65. The van der Waals surface area contributed by atoms with Crippen LogP contribution in [0.3, 0.4) is 0 Å². The first kappa shape index (κ1) is 17.0. The molecular weight excluding hydrogens is 232 g/mol. The molecule has 1 aliphatic carbocycles. The SMILES string of the molecule is CCCNC1CC(C)CC(C)C1CN(CC)CCC. The standard InChI is InChI=1S/C17H36N2/c1-6-9-18-17-12-14(4)11-15(5)16(17)13-19(8-3)10-7-2/h14-18H,6-13H2,1-5H3. The summed E-state index contributed by atoms with van der Waals surface area (Å²) in [7, 11) is 0. The highest BCUT2D eigenvalue weighted by molar-refractivity contribution is 4.89. The highest BCUT2D eigenvalue weighted by Gasteiger charge is 2.34. The first-order chi connectivity index (χ1) is 9.12. The summed E-state index contributed by atoms with van der Waals surface area (Å²) in [6.45, 7) is 16.7. The maximum atomic E-state index is 3.83. The summed E-state index contributed by atoms with van der Waals surface area (Å²) in [6, 6.07) is 0.740. The van der Waals surface area contributed by atoms with E-state index in [1.165, 1.54) is 51.9 Å². The third kappa shape index (κ3) is 5.43. The molecule has 114 valence electrons. The van der Waals surface area contributed by atoms with E-state index in [0.29, 0.717) is 0 Å². The van der Waals surface area contributed by atoms with Gasteiger partial charge in [-0.05, 0) is 63.1 Å². The first-order valence-corrected chi connectivity index (χ1v) is 8.57. The van der Waals surface area contributed by atoms with E-state index in [1.807, 2.05) is 0 Å². The van der Waals surface area contributed by atoms with Crippen LogP contribution in [-0.4, -0.2) is 37.1 Å². The zero-order valence-electron chi connectivity index (χ0n) is 13.9. The second kappa shape index (κ2) is 8.97. The van der Waals surface area contributed by atoms with E-state index >= 15 is 0 Å². The van der Waals surface area contributed by atoms with Gasteiger partial charge in [-0.25, -0.2) is 0 Å². The number of rotatable bonds is 8. The molecule has 2 nitrogen and oxygen atoms in total. The Hall–Kier alpha value is -0.0800. The molecular formula is C17H36N2. The molecule has 0 aromatic carbocycles. The number of hydrogen-bond donors (Lipinski definition) is 1. The van der Waals surface area contributed by atoms with Crippen molar-refractivity contribution in [2.24, 2.45) is 17.8 Å². The van der Waals surface area contributed by atoms with E-state index < -0.39 is 0 Å². The Labute approximate surface area is 121 Å². The molecule has 0 amide bonds. The third-order valence-electron chi connectivity index (χ3n) is 4.79. The molecule has 0 spiro atoms. The Kier molecular flexibility index (Phi) is 8.01. The smallest absolute Gasteiger partial charge is 0.0113 e. The molecule has 0 aromatic rings. The van der Waals surface area contributed by atoms with Gasteiger partial charge in [0.2, 0.25) is 0 Å². The minimum Gasteiger partial charge on any atom is -0.314 e. The monoisotopic (exact) mass is 268 g/mol. The van der Waals surface area contributed by atoms with E-state index in [9.17, 15) is 0 Å². The second-order valence-electron chi connectivity index (χ2n) is 6.67. The maximum absolute atomic E-state index is 3.83. The fourth-order valence-corrected chi connectivity index (χ4v) is 3.78. The van der Waals surface area contributed by atoms with Gasteiger partial charge in [-0.1, -0.05) is 34.6 Å². The van der Waals surface area contributed by atoms with E-state index in [1.54, 1.807) is 0 Å². The molecule has 1 rings (SSSR count). The summed E-state index contributed by atoms with van der Waals surface area (Å²) >= 11 is 0. The molecule has 0 aromatic heterocycles. The molecule has 0 aliphatic heterocycles. The molecule has 0 bridgehead atoms. The number of hydrogen-bond acceptors (Lipinski definition) is 2. The zero-order chi connectivity index (χ0) is 14.3. The predicted octanol–water partition coefficient (Wildman–Crippen LogP) is 3.77. The molecule has 1 saturated carbocycles. The van der Waals surface area contributed by atoms with Gasteiger partial charge >= 0.3 is 0 Å². The van der Waals surface area contributed by atoms with Crippen LogP contribution in [-0.2, 0) is 0 Å². The van der Waals surface area contributed by atoms with Crippen molar-refractivity contribution in [3.05, 3.63) is 0 Å². The van der Waals surface area contributed by atoms with Crippen LogP contribution >= 0.6 is 0 Å². The third-order valence-corrected chi connectivity index (χ3v) is 4.79. The highest BCUT2D eigenvalue weighted by atomic mass is 15.1. The largest absolute Gasteiger partial charge is 0.314 e. The molecule has 0 saturated heterocycles. The lowest BCUT2D eigenvalue weighted by Gasteiger charge is -2.42. The minimum absolute atomic E-state index is 0.740. The van der Waals surface area contributed by atoms with Gasteiger partial charge in [0.25, 0.3) is 0 Å². The van der Waals surface area contributed by atoms with Crippen molar-refractivity contribution in [3.63, 3.8) is 0 Å². The van der Waals surface area contributed by atoms with Crippen LogP contribution in [0, 0.1) is 17.8 Å². The quantitative estimate of drug-likeness (QED) is 0.721. The topological polar surface area (TPSA) is 15.3 Å². The lowest BCUT2D eigenvalue weighted by Crippen LogP contribution is -2.49. The van der Waals surface area contributed by atoms with E-state index in [0.717, 1.165) is 23.8 Å². The van der Waals surface area contributed by atoms with Gasteiger partial charge in [0, 0.05) is 12.6 Å². The van der Waals surface area contributed by atoms with Crippen LogP contribution in [0.2, 0.25) is 0 Å². The fraction of sp³-hybridized carbons (Fsp3) is 1.00. The van der Waals surface area contributed by atoms with Crippen LogP contribution in [0.4, 0.5) is 0 Å². The van der Waals surface area contributed by atoms with Gasteiger partial charge in [-0.15, -0.1) is 0 Å². The Balaban J connectivity index is 2.61. The Morgan fingerprint density at radius 2 is 1.79 bits per heavy atom. The van der Waals surface area contributed by atoms with E-state index in [-0.39, 0.29) is 0 Å². The minimum atomic E-state index is 0.740. The second-order valence-corrected chi connectivity index (χ2v) is 6.67. The van der Waals surface area contributed by atoms with Crippen LogP contribution in [0.5, 0.6) is 0 Å². The summed E-state index contributed by atoms with van der Waals surface area (Å²) in [6.07, 6.45) is 5.31. The van der Waals surface area contributed by atoms with Crippen LogP contribution in [0.1, 0.15) is 60.3 Å². The first-order valence-electron chi connectivity index (χ1n) is 8.57. The molecule has 19 heavy (non-hydrogen) atoms. The van der Waals surface area contributed by atoms with Gasteiger partial charge in [-0.3, -0.25) is 0 Å². The molecule has 1 fully saturated rings. The average molecular weight is 268 g/mol. The Bertz CT molecular complexity index is 229. The molecule has 1 N–H and O–H groups in total. The van der Waals surface area contributed by atoms with Crippen molar-refractivity contribution in [1.82, 2.24) is 10.2 Å². The van der Waals surface area contributed by atoms with E-state index in [2.05, 4.69) is 44.8 Å². The summed E-state index contributed by atoms with van der Waals surface area (Å²) < 4.78 is 0. The van der Waals surface area contributed by atoms with Crippen LogP contribution in [0.15, 0.2) is 0 Å². The van der Waals surface area contributed by atoms with Crippen molar-refractivity contribution in [2.75, 3.05) is 26.2 Å². The number of nitrogens with zero attached hydrogens (tertiary/aromatic N) is 1. The van der Waals surface area contributed by atoms with Crippen molar-refractivity contribution >= 4 is 0 Å². The van der Waals surface area contributed by atoms with Gasteiger partial charge < -0.3 is 10.2 Å². The molecule has 4 unspecified atom stereocenters. The maximum Gasteiger partial charge on any atom is 0.0113 e. The Morgan fingerprint density at radius 1 is 1.05 bits per heavy atom. The van der Waals surface area contributed by atoms with Gasteiger partial charge in [-0.2, -0.15) is 0 Å². The summed E-state index contributed by atoms with van der Waals surface area (Å²) in [5, 5.41) is 3.83. The molecule has 2 heteroatoms.